The third kappa shape index (κ3) is 4.99. The summed E-state index contributed by atoms with van der Waals surface area (Å²) in [6.07, 6.45) is 2.41. The number of likely N-dealkylation sites (tertiary alicyclic amines) is 1. The summed E-state index contributed by atoms with van der Waals surface area (Å²) in [6.45, 7) is 5.41. The number of amides is 1. The van der Waals surface area contributed by atoms with Crippen LogP contribution in [0.15, 0.2) is 18.2 Å². The highest BCUT2D eigenvalue weighted by molar-refractivity contribution is 6.31. The number of halogens is 1. The van der Waals surface area contributed by atoms with Crippen molar-refractivity contribution in [2.24, 2.45) is 5.92 Å². The minimum absolute atomic E-state index is 0.0278. The Hall–Kier alpha value is -1.10. The molecule has 1 atom stereocenters. The van der Waals surface area contributed by atoms with Crippen molar-refractivity contribution < 1.29 is 4.79 Å². The van der Waals surface area contributed by atoms with Gasteiger partial charge in [0.2, 0.25) is 5.91 Å². The first-order chi connectivity index (χ1) is 10.1. The number of benzene rings is 1. The number of nitrogens with one attached hydrogen (secondary N) is 2. The number of nitrogens with zero attached hydrogens (tertiary/aromatic N) is 1. The summed E-state index contributed by atoms with van der Waals surface area (Å²) in [4.78, 5) is 14.4. The van der Waals surface area contributed by atoms with Crippen molar-refractivity contribution in [3.63, 3.8) is 0 Å². The van der Waals surface area contributed by atoms with Gasteiger partial charge in [-0.1, -0.05) is 17.7 Å². The number of hydrogen-bond acceptors (Lipinski definition) is 3. The zero-order chi connectivity index (χ0) is 15.2. The molecule has 0 bridgehead atoms. The Morgan fingerprint density at radius 2 is 2.29 bits per heavy atom. The summed E-state index contributed by atoms with van der Waals surface area (Å²) in [5.74, 6) is 0.672. The van der Waals surface area contributed by atoms with Crippen LogP contribution in [0, 0.1) is 12.8 Å². The Bertz CT molecular complexity index is 490. The van der Waals surface area contributed by atoms with Crippen LogP contribution in [0.4, 0.5) is 5.69 Å². The number of anilines is 1. The van der Waals surface area contributed by atoms with E-state index in [2.05, 4.69) is 15.5 Å². The predicted octanol–water partition coefficient (Wildman–Crippen LogP) is 2.52. The SMILES string of the molecule is CNCC1CCCN(CC(=O)Nc2ccc(C)c(Cl)c2)C1. The molecule has 0 aromatic heterocycles. The normalized spacial score (nSPS) is 19.5. The van der Waals surface area contributed by atoms with Gasteiger partial charge in [-0.25, -0.2) is 0 Å². The van der Waals surface area contributed by atoms with Gasteiger partial charge in [0.05, 0.1) is 6.54 Å². The zero-order valence-corrected chi connectivity index (χ0v) is 13.5. The lowest BCUT2D eigenvalue weighted by Crippen LogP contribution is -2.42. The van der Waals surface area contributed by atoms with E-state index in [0.717, 1.165) is 37.3 Å². The molecule has 0 radical (unpaired) electrons. The van der Waals surface area contributed by atoms with E-state index in [0.29, 0.717) is 17.5 Å². The van der Waals surface area contributed by atoms with Gasteiger partial charge < -0.3 is 10.6 Å². The molecule has 0 aliphatic carbocycles. The molecule has 5 heteroatoms. The fourth-order valence-electron chi connectivity index (χ4n) is 2.82. The lowest BCUT2D eigenvalue weighted by Gasteiger charge is -2.32. The molecule has 21 heavy (non-hydrogen) atoms. The quantitative estimate of drug-likeness (QED) is 0.878. The van der Waals surface area contributed by atoms with Crippen LogP contribution in [0.1, 0.15) is 18.4 Å². The van der Waals surface area contributed by atoms with Gasteiger partial charge in [0.15, 0.2) is 0 Å². The van der Waals surface area contributed by atoms with Crippen LogP contribution in [0.3, 0.4) is 0 Å². The summed E-state index contributed by atoms with van der Waals surface area (Å²) in [7, 11) is 1.98. The molecule has 2 N–H and O–H groups in total. The van der Waals surface area contributed by atoms with Crippen LogP contribution >= 0.6 is 11.6 Å². The van der Waals surface area contributed by atoms with E-state index < -0.39 is 0 Å². The van der Waals surface area contributed by atoms with Crippen LogP contribution < -0.4 is 10.6 Å². The maximum Gasteiger partial charge on any atom is 0.238 e. The highest BCUT2D eigenvalue weighted by Crippen LogP contribution is 2.20. The molecular formula is C16H24ClN3O. The maximum atomic E-state index is 12.1. The van der Waals surface area contributed by atoms with Crippen molar-refractivity contribution in [2.75, 3.05) is 38.5 Å². The molecule has 1 aliphatic rings. The number of hydrogen-bond donors (Lipinski definition) is 2. The largest absolute Gasteiger partial charge is 0.325 e. The second-order valence-electron chi connectivity index (χ2n) is 5.81. The number of carbonyl (C=O) groups is 1. The summed E-state index contributed by atoms with van der Waals surface area (Å²) in [6, 6.07) is 5.61. The molecule has 1 fully saturated rings. The van der Waals surface area contributed by atoms with Crippen molar-refractivity contribution in [3.05, 3.63) is 28.8 Å². The summed E-state index contributed by atoms with van der Waals surface area (Å²) < 4.78 is 0. The summed E-state index contributed by atoms with van der Waals surface area (Å²) in [5.41, 5.74) is 1.78. The molecule has 1 amide bonds. The summed E-state index contributed by atoms with van der Waals surface area (Å²) >= 11 is 6.07. The highest BCUT2D eigenvalue weighted by Gasteiger charge is 2.21. The Labute approximate surface area is 131 Å². The standard InChI is InChI=1S/C16H24ClN3O/c1-12-5-6-14(8-15(12)17)19-16(21)11-20-7-3-4-13(10-20)9-18-2/h5-6,8,13,18H,3-4,7,9-11H2,1-2H3,(H,19,21). The van der Waals surface area contributed by atoms with Crippen LogP contribution in [0.25, 0.3) is 0 Å². The second-order valence-corrected chi connectivity index (χ2v) is 6.22. The van der Waals surface area contributed by atoms with Gasteiger partial charge in [-0.05, 0) is 63.5 Å². The van der Waals surface area contributed by atoms with Crippen LogP contribution in [0.2, 0.25) is 5.02 Å². The van der Waals surface area contributed by atoms with Gasteiger partial charge in [-0.2, -0.15) is 0 Å². The van der Waals surface area contributed by atoms with Crippen molar-refractivity contribution >= 4 is 23.2 Å². The van der Waals surface area contributed by atoms with Crippen molar-refractivity contribution in [3.8, 4) is 0 Å². The Balaban J connectivity index is 1.84. The lowest BCUT2D eigenvalue weighted by atomic mass is 9.98. The Morgan fingerprint density at radius 3 is 3.00 bits per heavy atom. The van der Waals surface area contributed by atoms with E-state index in [9.17, 15) is 4.79 Å². The smallest absolute Gasteiger partial charge is 0.238 e. The average molecular weight is 310 g/mol. The van der Waals surface area contributed by atoms with E-state index in [1.807, 2.05) is 26.1 Å². The topological polar surface area (TPSA) is 44.4 Å². The first-order valence-corrected chi connectivity index (χ1v) is 7.89. The van der Waals surface area contributed by atoms with Crippen molar-refractivity contribution in [2.45, 2.75) is 19.8 Å². The molecular weight excluding hydrogens is 286 g/mol. The fraction of sp³-hybridized carbons (Fsp3) is 0.562. The third-order valence-corrected chi connectivity index (χ3v) is 4.33. The number of piperidine rings is 1. The van der Waals surface area contributed by atoms with E-state index >= 15 is 0 Å². The van der Waals surface area contributed by atoms with E-state index in [1.54, 1.807) is 6.07 Å². The second kappa shape index (κ2) is 7.78. The van der Waals surface area contributed by atoms with Gasteiger partial charge >= 0.3 is 0 Å². The Morgan fingerprint density at radius 1 is 1.48 bits per heavy atom. The van der Waals surface area contributed by atoms with Gasteiger partial charge in [0, 0.05) is 17.3 Å². The van der Waals surface area contributed by atoms with Gasteiger partial charge in [0.1, 0.15) is 0 Å². The third-order valence-electron chi connectivity index (χ3n) is 3.92. The molecule has 1 unspecified atom stereocenters. The van der Waals surface area contributed by atoms with Crippen LogP contribution in [-0.4, -0.2) is 44.0 Å². The van der Waals surface area contributed by atoms with Crippen molar-refractivity contribution in [1.29, 1.82) is 0 Å². The molecule has 1 aromatic carbocycles. The van der Waals surface area contributed by atoms with Crippen molar-refractivity contribution in [1.82, 2.24) is 10.2 Å². The van der Waals surface area contributed by atoms with Gasteiger partial charge in [-0.15, -0.1) is 0 Å². The Kier molecular flexibility index (Phi) is 6.03. The summed E-state index contributed by atoms with van der Waals surface area (Å²) in [5, 5.41) is 6.82. The molecule has 2 rings (SSSR count). The number of aryl methyl sites for hydroxylation is 1. The van der Waals surface area contributed by atoms with E-state index in [-0.39, 0.29) is 5.91 Å². The first kappa shape index (κ1) is 16.3. The molecule has 1 aromatic rings. The van der Waals surface area contributed by atoms with E-state index in [4.69, 9.17) is 11.6 Å². The lowest BCUT2D eigenvalue weighted by molar-refractivity contribution is -0.117. The first-order valence-electron chi connectivity index (χ1n) is 7.51. The van der Waals surface area contributed by atoms with Gasteiger partial charge in [-0.3, -0.25) is 9.69 Å². The van der Waals surface area contributed by atoms with E-state index in [1.165, 1.54) is 6.42 Å². The number of rotatable bonds is 5. The zero-order valence-electron chi connectivity index (χ0n) is 12.8. The van der Waals surface area contributed by atoms with Crippen LogP contribution in [-0.2, 0) is 4.79 Å². The molecule has 4 nitrogen and oxygen atoms in total. The minimum Gasteiger partial charge on any atom is -0.325 e. The molecule has 1 saturated heterocycles. The maximum absolute atomic E-state index is 12.1. The molecule has 0 saturated carbocycles. The predicted molar refractivity (Wildman–Crippen MR) is 87.9 cm³/mol. The molecule has 1 heterocycles. The highest BCUT2D eigenvalue weighted by atomic mass is 35.5. The average Bonchev–Trinajstić information content (AvgIpc) is 2.43. The van der Waals surface area contributed by atoms with Gasteiger partial charge in [0.25, 0.3) is 0 Å². The molecule has 116 valence electrons. The molecule has 0 spiro atoms. The number of carbonyl (C=O) groups excluding carboxylic acids is 1. The fourth-order valence-corrected chi connectivity index (χ4v) is 3.00. The monoisotopic (exact) mass is 309 g/mol. The van der Waals surface area contributed by atoms with Crippen LogP contribution in [0.5, 0.6) is 0 Å². The molecule has 1 aliphatic heterocycles. The minimum atomic E-state index is 0.0278.